The lowest BCUT2D eigenvalue weighted by Crippen LogP contribution is -2.51. The van der Waals surface area contributed by atoms with E-state index in [1.165, 1.54) is 27.7 Å². The van der Waals surface area contributed by atoms with Crippen LogP contribution in [0.2, 0.25) is 0 Å². The molecule has 2 fully saturated rings. The van der Waals surface area contributed by atoms with Crippen LogP contribution < -0.4 is 0 Å². The molecule has 0 aromatic carbocycles. The van der Waals surface area contributed by atoms with Gasteiger partial charge in [-0.3, -0.25) is 0 Å². The molecule has 194 valence electrons. The van der Waals surface area contributed by atoms with Crippen LogP contribution in [0.5, 0.6) is 0 Å². The van der Waals surface area contributed by atoms with Gasteiger partial charge in [0.2, 0.25) is 0 Å². The van der Waals surface area contributed by atoms with E-state index in [1.807, 2.05) is 0 Å². The van der Waals surface area contributed by atoms with E-state index < -0.39 is 60.3 Å². The molecule has 0 aliphatic carbocycles. The lowest BCUT2D eigenvalue weighted by atomic mass is 10.0. The molecule has 2 rings (SSSR count). The number of ether oxygens (including phenoxy) is 6. The molecule has 0 N–H and O–H groups in total. The van der Waals surface area contributed by atoms with Crippen molar-refractivity contribution in [2.24, 2.45) is 0 Å². The molecule has 2 saturated heterocycles. The highest BCUT2D eigenvalue weighted by Gasteiger charge is 2.50. The number of carbonyl (C=O) groups excluding carboxylic acids is 2. The number of esters is 2. The molecule has 2 aliphatic heterocycles. The van der Waals surface area contributed by atoms with Crippen molar-refractivity contribution in [2.45, 2.75) is 76.0 Å². The van der Waals surface area contributed by atoms with Crippen molar-refractivity contribution in [1.82, 2.24) is 0 Å². The standard InChI is InChI=1S/C20H24F6O8/c1-17(2)29-9-11(33-17)15(31-13(27)5-7-19(21,22)23)16(12-10-30-18(3,4)34-12)32-14(28)6-8-20(24,25)26/h5-8,11-12,15-16H,9-10H2,1-4H3/b7-5+,8-6+/t11-,12-,15+,16+/m1/s1. The first-order valence-electron chi connectivity index (χ1n) is 9.92. The summed E-state index contributed by atoms with van der Waals surface area (Å²) in [5.74, 6) is -5.34. The predicted octanol–water partition coefficient (Wildman–Crippen LogP) is 3.35. The number of rotatable bonds is 7. The van der Waals surface area contributed by atoms with Gasteiger partial charge in [0.1, 0.15) is 12.2 Å². The Morgan fingerprint density at radius 2 is 1.09 bits per heavy atom. The van der Waals surface area contributed by atoms with E-state index >= 15 is 0 Å². The van der Waals surface area contributed by atoms with Crippen LogP contribution in [0.1, 0.15) is 27.7 Å². The predicted molar refractivity (Wildman–Crippen MR) is 100.0 cm³/mol. The zero-order valence-corrected chi connectivity index (χ0v) is 18.6. The van der Waals surface area contributed by atoms with Crippen LogP contribution in [0.3, 0.4) is 0 Å². The highest BCUT2D eigenvalue weighted by atomic mass is 19.4. The Morgan fingerprint density at radius 1 is 0.765 bits per heavy atom. The maximum atomic E-state index is 12.5. The van der Waals surface area contributed by atoms with Crippen LogP contribution in [0.4, 0.5) is 26.3 Å². The third-order valence-electron chi connectivity index (χ3n) is 4.44. The number of halogens is 6. The second-order valence-electron chi connectivity index (χ2n) is 8.29. The van der Waals surface area contributed by atoms with Gasteiger partial charge < -0.3 is 28.4 Å². The van der Waals surface area contributed by atoms with Gasteiger partial charge in [-0.1, -0.05) is 0 Å². The van der Waals surface area contributed by atoms with Crippen molar-refractivity contribution in [3.05, 3.63) is 24.3 Å². The Bertz CT molecular complexity index is 736. The highest BCUT2D eigenvalue weighted by Crippen LogP contribution is 2.33. The van der Waals surface area contributed by atoms with Crippen LogP contribution in [0.15, 0.2) is 24.3 Å². The van der Waals surface area contributed by atoms with Gasteiger partial charge in [0.25, 0.3) is 0 Å². The van der Waals surface area contributed by atoms with Crippen LogP contribution in [0, 0.1) is 0 Å². The molecule has 0 radical (unpaired) electrons. The Balaban J connectivity index is 2.36. The molecule has 2 heterocycles. The first kappa shape index (κ1) is 28.1. The van der Waals surface area contributed by atoms with Crippen LogP contribution in [-0.4, -0.2) is 73.5 Å². The normalized spacial score (nSPS) is 26.6. The molecule has 0 unspecified atom stereocenters. The van der Waals surface area contributed by atoms with Gasteiger partial charge in [0.05, 0.1) is 13.2 Å². The highest BCUT2D eigenvalue weighted by molar-refractivity contribution is 5.83. The lowest BCUT2D eigenvalue weighted by molar-refractivity contribution is -0.205. The molecule has 0 amide bonds. The number of alkyl halides is 6. The smallest absolute Gasteiger partial charge is 0.410 e. The molecule has 34 heavy (non-hydrogen) atoms. The largest absolute Gasteiger partial charge is 0.452 e. The first-order chi connectivity index (χ1) is 15.4. The van der Waals surface area contributed by atoms with Crippen molar-refractivity contribution >= 4 is 11.9 Å². The zero-order valence-electron chi connectivity index (χ0n) is 18.6. The van der Waals surface area contributed by atoms with Gasteiger partial charge in [-0.25, -0.2) is 9.59 Å². The molecular formula is C20H24F6O8. The molecule has 0 aromatic rings. The van der Waals surface area contributed by atoms with E-state index in [2.05, 4.69) is 0 Å². The van der Waals surface area contributed by atoms with Gasteiger partial charge in [-0.2, -0.15) is 26.3 Å². The fraction of sp³-hybridized carbons (Fsp3) is 0.700. The second-order valence-corrected chi connectivity index (χ2v) is 8.29. The average molecular weight is 506 g/mol. The van der Waals surface area contributed by atoms with Gasteiger partial charge >= 0.3 is 24.3 Å². The minimum Gasteiger partial charge on any atom is -0.452 e. The monoisotopic (exact) mass is 506 g/mol. The Kier molecular flexibility index (Phi) is 8.44. The molecule has 0 saturated carbocycles. The topological polar surface area (TPSA) is 89.5 Å². The van der Waals surface area contributed by atoms with Gasteiger partial charge in [0.15, 0.2) is 23.8 Å². The summed E-state index contributed by atoms with van der Waals surface area (Å²) in [7, 11) is 0. The van der Waals surface area contributed by atoms with E-state index in [0.29, 0.717) is 0 Å². The van der Waals surface area contributed by atoms with E-state index in [-0.39, 0.29) is 37.5 Å². The molecule has 4 atom stereocenters. The Hall–Kier alpha value is -2.16. The van der Waals surface area contributed by atoms with Crippen LogP contribution in [0.25, 0.3) is 0 Å². The van der Waals surface area contributed by atoms with Crippen molar-refractivity contribution in [2.75, 3.05) is 13.2 Å². The van der Waals surface area contributed by atoms with Gasteiger partial charge in [0, 0.05) is 24.3 Å². The summed E-state index contributed by atoms with van der Waals surface area (Å²) in [5.41, 5.74) is 0. The Morgan fingerprint density at radius 3 is 1.32 bits per heavy atom. The minimum absolute atomic E-state index is 0.104. The summed E-state index contributed by atoms with van der Waals surface area (Å²) in [6.45, 7) is 5.53. The number of allylic oxidation sites excluding steroid dienone is 2. The van der Waals surface area contributed by atoms with Crippen molar-refractivity contribution in [3.8, 4) is 0 Å². The summed E-state index contributed by atoms with van der Waals surface area (Å²) in [6.07, 6.45) is -15.8. The van der Waals surface area contributed by atoms with E-state index in [9.17, 15) is 35.9 Å². The second kappa shape index (κ2) is 10.2. The fourth-order valence-corrected chi connectivity index (χ4v) is 3.14. The summed E-state index contributed by atoms with van der Waals surface area (Å²) >= 11 is 0. The zero-order chi connectivity index (χ0) is 25.9. The van der Waals surface area contributed by atoms with Crippen molar-refractivity contribution < 1.29 is 64.4 Å². The van der Waals surface area contributed by atoms with Gasteiger partial charge in [-0.15, -0.1) is 0 Å². The summed E-state index contributed by atoms with van der Waals surface area (Å²) < 4.78 is 107. The number of hydrogen-bond donors (Lipinski definition) is 0. The summed E-state index contributed by atoms with van der Waals surface area (Å²) in [5, 5.41) is 0. The summed E-state index contributed by atoms with van der Waals surface area (Å²) in [4.78, 5) is 24.3. The summed E-state index contributed by atoms with van der Waals surface area (Å²) in [6, 6.07) is 0. The van der Waals surface area contributed by atoms with Crippen molar-refractivity contribution in [1.29, 1.82) is 0 Å². The number of carbonyl (C=O) groups is 2. The third kappa shape index (κ3) is 9.24. The fourth-order valence-electron chi connectivity index (χ4n) is 3.14. The van der Waals surface area contributed by atoms with E-state index in [1.54, 1.807) is 0 Å². The minimum atomic E-state index is -4.82. The molecule has 14 heteroatoms. The van der Waals surface area contributed by atoms with E-state index in [4.69, 9.17) is 28.4 Å². The first-order valence-corrected chi connectivity index (χ1v) is 9.92. The maximum absolute atomic E-state index is 12.5. The SMILES string of the molecule is CC1(C)OC[C@H]([C@H](OC(=O)/C=C/C(F)(F)F)[C@@H](OC(=O)/C=C/C(F)(F)F)[C@H]2COC(C)(C)O2)O1. The molecule has 0 aromatic heterocycles. The average Bonchev–Trinajstić information content (AvgIpc) is 3.21. The molecular weight excluding hydrogens is 482 g/mol. The van der Waals surface area contributed by atoms with Crippen LogP contribution in [-0.2, 0) is 38.0 Å². The number of hydrogen-bond acceptors (Lipinski definition) is 8. The molecule has 2 aliphatic rings. The van der Waals surface area contributed by atoms with Crippen LogP contribution >= 0.6 is 0 Å². The van der Waals surface area contributed by atoms with E-state index in [0.717, 1.165) is 0 Å². The quantitative estimate of drug-likeness (QED) is 0.295. The molecule has 0 bridgehead atoms. The van der Waals surface area contributed by atoms with Gasteiger partial charge in [-0.05, 0) is 27.7 Å². The lowest BCUT2D eigenvalue weighted by Gasteiger charge is -2.33. The Labute approximate surface area is 190 Å². The van der Waals surface area contributed by atoms with Crippen molar-refractivity contribution in [3.63, 3.8) is 0 Å². The third-order valence-corrected chi connectivity index (χ3v) is 4.44. The molecule has 8 nitrogen and oxygen atoms in total. The molecule has 0 spiro atoms. The maximum Gasteiger partial charge on any atom is 0.410 e.